The minimum absolute atomic E-state index is 0.116. The molecule has 0 amide bonds. The van der Waals surface area contributed by atoms with Crippen LogP contribution in [0.2, 0.25) is 5.15 Å². The summed E-state index contributed by atoms with van der Waals surface area (Å²) in [4.78, 5) is 30.5. The van der Waals surface area contributed by atoms with Gasteiger partial charge in [-0.15, -0.1) is 0 Å². The highest BCUT2D eigenvalue weighted by Gasteiger charge is 2.27. The summed E-state index contributed by atoms with van der Waals surface area (Å²) >= 11 is 6.15. The predicted molar refractivity (Wildman–Crippen MR) is 99.5 cm³/mol. The quantitative estimate of drug-likeness (QED) is 0.809. The number of aromatic nitrogens is 3. The first-order valence-electron chi connectivity index (χ1n) is 8.83. The third-order valence-electron chi connectivity index (χ3n) is 5.44. The molecule has 0 atom stereocenters. The fourth-order valence-electron chi connectivity index (χ4n) is 3.90. The number of piperazine rings is 1. The molecule has 1 N–H and O–H groups in total. The van der Waals surface area contributed by atoms with E-state index in [9.17, 15) is 4.79 Å². The van der Waals surface area contributed by atoms with Crippen molar-refractivity contribution in [2.75, 3.05) is 51.2 Å². The molecule has 25 heavy (non-hydrogen) atoms. The molecule has 0 unspecified atom stereocenters. The van der Waals surface area contributed by atoms with Crippen molar-refractivity contribution < 1.29 is 0 Å². The van der Waals surface area contributed by atoms with E-state index in [-0.39, 0.29) is 5.56 Å². The van der Waals surface area contributed by atoms with Crippen LogP contribution in [0.15, 0.2) is 17.2 Å². The Morgan fingerprint density at radius 3 is 2.56 bits per heavy atom. The second-order valence-electron chi connectivity index (χ2n) is 6.97. The van der Waals surface area contributed by atoms with Crippen LogP contribution in [0.5, 0.6) is 0 Å². The number of H-pyrrole nitrogens is 1. The maximum absolute atomic E-state index is 12.4. The van der Waals surface area contributed by atoms with Gasteiger partial charge in [0.1, 0.15) is 22.8 Å². The van der Waals surface area contributed by atoms with E-state index in [1.807, 2.05) is 6.07 Å². The molecule has 0 spiro atoms. The van der Waals surface area contributed by atoms with Gasteiger partial charge in [0.25, 0.3) is 5.56 Å². The molecule has 0 radical (unpaired) electrons. The van der Waals surface area contributed by atoms with Gasteiger partial charge in [0, 0.05) is 32.2 Å². The van der Waals surface area contributed by atoms with Crippen molar-refractivity contribution in [1.29, 1.82) is 0 Å². The standard InChI is InChI=1S/C17H23ClN6O/c1-22-4-2-12(3-5-22)23-6-8-24(9-7-23)14-10-13-15(18)19-11-20-16(13)21-17(14)25/h10-12H,2-9H2,1H3,(H,19,20,21,25). The van der Waals surface area contributed by atoms with E-state index in [1.165, 1.54) is 32.3 Å². The third-order valence-corrected chi connectivity index (χ3v) is 5.74. The van der Waals surface area contributed by atoms with Gasteiger partial charge in [0.15, 0.2) is 0 Å². The molecule has 2 aliphatic heterocycles. The molecule has 2 aromatic heterocycles. The maximum Gasteiger partial charge on any atom is 0.273 e. The first-order chi connectivity index (χ1) is 12.1. The lowest BCUT2D eigenvalue weighted by Crippen LogP contribution is -2.53. The Morgan fingerprint density at radius 2 is 1.84 bits per heavy atom. The zero-order chi connectivity index (χ0) is 17.4. The molecule has 2 saturated heterocycles. The normalized spacial score (nSPS) is 21.1. The highest BCUT2D eigenvalue weighted by Crippen LogP contribution is 2.23. The van der Waals surface area contributed by atoms with Gasteiger partial charge in [-0.1, -0.05) is 11.6 Å². The second-order valence-corrected chi connectivity index (χ2v) is 7.33. The summed E-state index contributed by atoms with van der Waals surface area (Å²) in [5, 5.41) is 1.06. The molecule has 8 heteroatoms. The van der Waals surface area contributed by atoms with Gasteiger partial charge in [-0.3, -0.25) is 9.69 Å². The fourth-order valence-corrected chi connectivity index (χ4v) is 4.09. The largest absolute Gasteiger partial charge is 0.364 e. The van der Waals surface area contributed by atoms with Gasteiger partial charge < -0.3 is 14.8 Å². The summed E-state index contributed by atoms with van der Waals surface area (Å²) in [5.41, 5.74) is 1.03. The number of aromatic amines is 1. The minimum atomic E-state index is -0.116. The van der Waals surface area contributed by atoms with Crippen LogP contribution < -0.4 is 10.5 Å². The van der Waals surface area contributed by atoms with Gasteiger partial charge in [-0.05, 0) is 39.0 Å². The monoisotopic (exact) mass is 362 g/mol. The van der Waals surface area contributed by atoms with Crippen molar-refractivity contribution in [2.24, 2.45) is 0 Å². The number of hydrogen-bond acceptors (Lipinski definition) is 6. The van der Waals surface area contributed by atoms with Crippen molar-refractivity contribution in [1.82, 2.24) is 24.8 Å². The zero-order valence-corrected chi connectivity index (χ0v) is 15.2. The van der Waals surface area contributed by atoms with Gasteiger partial charge in [0.05, 0.1) is 5.39 Å². The smallest absolute Gasteiger partial charge is 0.273 e. The number of nitrogens with zero attached hydrogens (tertiary/aromatic N) is 5. The van der Waals surface area contributed by atoms with Crippen LogP contribution >= 0.6 is 11.6 Å². The number of pyridine rings is 1. The predicted octanol–water partition coefficient (Wildman–Crippen LogP) is 1.19. The summed E-state index contributed by atoms with van der Waals surface area (Å²) in [6.07, 6.45) is 3.83. The van der Waals surface area contributed by atoms with Crippen LogP contribution in [0, 0.1) is 0 Å². The highest BCUT2D eigenvalue weighted by atomic mass is 35.5. The summed E-state index contributed by atoms with van der Waals surface area (Å²) < 4.78 is 0. The van der Waals surface area contributed by atoms with E-state index in [1.54, 1.807) is 0 Å². The van der Waals surface area contributed by atoms with Crippen LogP contribution in [0.25, 0.3) is 11.0 Å². The first kappa shape index (κ1) is 16.8. The maximum atomic E-state index is 12.4. The zero-order valence-electron chi connectivity index (χ0n) is 14.4. The molecule has 4 rings (SSSR count). The van der Waals surface area contributed by atoms with Gasteiger partial charge in [0.2, 0.25) is 0 Å². The topological polar surface area (TPSA) is 68.4 Å². The van der Waals surface area contributed by atoms with E-state index >= 15 is 0 Å². The molecule has 0 bridgehead atoms. The SMILES string of the molecule is CN1CCC(N2CCN(c3cc4c(Cl)ncnc4[nH]c3=O)CC2)CC1. The third kappa shape index (κ3) is 3.36. The van der Waals surface area contributed by atoms with E-state index < -0.39 is 0 Å². The van der Waals surface area contributed by atoms with E-state index in [0.29, 0.717) is 27.9 Å². The molecule has 0 aliphatic carbocycles. The van der Waals surface area contributed by atoms with Crippen LogP contribution in [-0.4, -0.2) is 77.1 Å². The van der Waals surface area contributed by atoms with E-state index in [4.69, 9.17) is 11.6 Å². The van der Waals surface area contributed by atoms with Crippen molar-refractivity contribution in [3.05, 3.63) is 27.9 Å². The number of nitrogens with one attached hydrogen (secondary N) is 1. The Hall–Kier alpha value is -1.70. The molecule has 2 aromatic rings. The van der Waals surface area contributed by atoms with Crippen LogP contribution in [0.3, 0.4) is 0 Å². The first-order valence-corrected chi connectivity index (χ1v) is 9.20. The number of piperidine rings is 1. The highest BCUT2D eigenvalue weighted by molar-refractivity contribution is 6.33. The lowest BCUT2D eigenvalue weighted by molar-refractivity contribution is 0.115. The number of halogens is 1. The fraction of sp³-hybridized carbons (Fsp3) is 0.588. The van der Waals surface area contributed by atoms with Crippen LogP contribution in [0.4, 0.5) is 5.69 Å². The molecule has 2 aliphatic rings. The Bertz CT molecular complexity index is 808. The average Bonchev–Trinajstić information content (AvgIpc) is 2.62. The number of anilines is 1. The van der Waals surface area contributed by atoms with Crippen LogP contribution in [-0.2, 0) is 0 Å². The lowest BCUT2D eigenvalue weighted by Gasteiger charge is -2.42. The van der Waals surface area contributed by atoms with Gasteiger partial charge in [-0.2, -0.15) is 0 Å². The second kappa shape index (κ2) is 6.90. The molecule has 7 nitrogen and oxygen atoms in total. The summed E-state index contributed by atoms with van der Waals surface area (Å²) in [6.45, 7) is 6.04. The van der Waals surface area contributed by atoms with Crippen molar-refractivity contribution in [3.8, 4) is 0 Å². The summed E-state index contributed by atoms with van der Waals surface area (Å²) in [5.74, 6) is 0. The molecule has 4 heterocycles. The number of likely N-dealkylation sites (tertiary alicyclic amines) is 1. The van der Waals surface area contributed by atoms with Crippen molar-refractivity contribution in [3.63, 3.8) is 0 Å². The molecule has 0 aromatic carbocycles. The van der Waals surface area contributed by atoms with Crippen LogP contribution in [0.1, 0.15) is 12.8 Å². The number of fused-ring (bicyclic) bond motifs is 1. The molecule has 134 valence electrons. The Balaban J connectivity index is 1.49. The number of hydrogen-bond donors (Lipinski definition) is 1. The molecule has 0 saturated carbocycles. The Labute approximate surface area is 151 Å². The van der Waals surface area contributed by atoms with Crippen molar-refractivity contribution >= 4 is 28.3 Å². The van der Waals surface area contributed by atoms with Gasteiger partial charge in [-0.25, -0.2) is 9.97 Å². The van der Waals surface area contributed by atoms with E-state index in [2.05, 4.69) is 36.7 Å². The Morgan fingerprint density at radius 1 is 1.12 bits per heavy atom. The lowest BCUT2D eigenvalue weighted by atomic mass is 10.0. The van der Waals surface area contributed by atoms with Gasteiger partial charge >= 0.3 is 0 Å². The Kier molecular flexibility index (Phi) is 4.62. The molecular weight excluding hydrogens is 340 g/mol. The van der Waals surface area contributed by atoms with Crippen molar-refractivity contribution in [2.45, 2.75) is 18.9 Å². The number of rotatable bonds is 2. The average molecular weight is 363 g/mol. The summed E-state index contributed by atoms with van der Waals surface area (Å²) in [7, 11) is 2.19. The minimum Gasteiger partial charge on any atom is -0.364 e. The molecule has 2 fully saturated rings. The summed E-state index contributed by atoms with van der Waals surface area (Å²) in [6, 6.07) is 2.50. The molecular formula is C17H23ClN6O. The van der Waals surface area contributed by atoms with E-state index in [0.717, 1.165) is 26.2 Å².